The lowest BCUT2D eigenvalue weighted by atomic mass is 9.84. The van der Waals surface area contributed by atoms with Crippen LogP contribution in [0.4, 0.5) is 11.4 Å². The maximum atomic E-state index is 13.4. The van der Waals surface area contributed by atoms with Crippen molar-refractivity contribution < 1.29 is 18.1 Å². The van der Waals surface area contributed by atoms with Crippen LogP contribution in [0.25, 0.3) is 0 Å². The number of rotatable bonds is 5. The molecule has 2 aromatic carbocycles. The fraction of sp³-hybridized carbons (Fsp3) is 0.250. The predicted molar refractivity (Wildman–Crippen MR) is 128 cm³/mol. The van der Waals surface area contributed by atoms with E-state index >= 15 is 0 Å². The standard InChI is InChI=1S/C24H22N4O6S/c29-23-3-1-2-22-18-12-16(14-27(22)23)13-26(15-18)35(33,34)21-10-6-19(7-11-21)25-24(30)17-4-8-20(9-5-17)28(31)32/h1-11,16,18H,12-15H2,(H,25,30). The van der Waals surface area contributed by atoms with E-state index in [9.17, 15) is 28.1 Å². The maximum Gasteiger partial charge on any atom is 0.269 e. The summed E-state index contributed by atoms with van der Waals surface area (Å²) >= 11 is 0. The molecule has 5 rings (SSSR count). The van der Waals surface area contributed by atoms with E-state index in [-0.39, 0.29) is 33.5 Å². The third-order valence-electron chi connectivity index (χ3n) is 6.54. The van der Waals surface area contributed by atoms with Gasteiger partial charge in [0.05, 0.1) is 9.82 Å². The Bertz CT molecular complexity index is 1470. The number of amides is 1. The number of benzene rings is 2. The number of nitro groups is 1. The normalized spacial score (nSPS) is 19.5. The smallest absolute Gasteiger partial charge is 0.269 e. The highest BCUT2D eigenvalue weighted by Crippen LogP contribution is 2.37. The third kappa shape index (κ3) is 4.35. The summed E-state index contributed by atoms with van der Waals surface area (Å²) in [6.45, 7) is 1.16. The molecule has 1 aromatic heterocycles. The fourth-order valence-corrected chi connectivity index (χ4v) is 6.41. The molecule has 1 fully saturated rings. The number of nitrogens with zero attached hydrogens (tertiary/aromatic N) is 3. The topological polar surface area (TPSA) is 132 Å². The lowest BCUT2D eigenvalue weighted by molar-refractivity contribution is -0.384. The van der Waals surface area contributed by atoms with Gasteiger partial charge in [-0.2, -0.15) is 4.31 Å². The van der Waals surface area contributed by atoms with Gasteiger partial charge in [0.2, 0.25) is 10.0 Å². The van der Waals surface area contributed by atoms with Gasteiger partial charge in [-0.3, -0.25) is 19.7 Å². The molecule has 2 bridgehead atoms. The molecule has 2 atom stereocenters. The Morgan fingerprint density at radius 3 is 2.37 bits per heavy atom. The SMILES string of the molecule is O=C(Nc1ccc(S(=O)(=O)N2CC3CC(C2)c2cccc(=O)n2C3)cc1)c1ccc([N+](=O)[O-])cc1. The average molecular weight is 495 g/mol. The number of nitrogens with one attached hydrogen (secondary N) is 1. The number of non-ortho nitro benzene ring substituents is 1. The van der Waals surface area contributed by atoms with Crippen molar-refractivity contribution in [3.63, 3.8) is 0 Å². The van der Waals surface area contributed by atoms with Crippen molar-refractivity contribution in [2.45, 2.75) is 23.8 Å². The first-order valence-corrected chi connectivity index (χ1v) is 12.5. The molecule has 1 saturated heterocycles. The first-order chi connectivity index (χ1) is 16.7. The highest BCUT2D eigenvalue weighted by atomic mass is 32.2. The molecule has 11 heteroatoms. The van der Waals surface area contributed by atoms with Crippen LogP contribution < -0.4 is 10.9 Å². The van der Waals surface area contributed by atoms with Gasteiger partial charge < -0.3 is 9.88 Å². The highest BCUT2D eigenvalue weighted by Gasteiger charge is 2.39. The monoisotopic (exact) mass is 494 g/mol. The van der Waals surface area contributed by atoms with Gasteiger partial charge in [-0.25, -0.2) is 8.42 Å². The van der Waals surface area contributed by atoms with E-state index in [1.165, 1.54) is 58.9 Å². The van der Waals surface area contributed by atoms with Gasteiger partial charge in [-0.1, -0.05) is 6.07 Å². The van der Waals surface area contributed by atoms with Crippen LogP contribution in [0.5, 0.6) is 0 Å². The molecule has 0 saturated carbocycles. The van der Waals surface area contributed by atoms with Gasteiger partial charge in [0.15, 0.2) is 0 Å². The second kappa shape index (κ2) is 8.75. The molecule has 1 N–H and O–H groups in total. The van der Waals surface area contributed by atoms with Gasteiger partial charge in [-0.15, -0.1) is 0 Å². The van der Waals surface area contributed by atoms with Gasteiger partial charge in [0, 0.05) is 60.7 Å². The van der Waals surface area contributed by atoms with Crippen molar-refractivity contribution in [3.8, 4) is 0 Å². The second-order valence-corrected chi connectivity index (χ2v) is 10.7. The summed E-state index contributed by atoms with van der Waals surface area (Å²) in [6, 6.07) is 16.2. The summed E-state index contributed by atoms with van der Waals surface area (Å²) in [7, 11) is -3.76. The summed E-state index contributed by atoms with van der Waals surface area (Å²) in [5.74, 6) is -0.434. The lowest BCUT2D eigenvalue weighted by Crippen LogP contribution is -2.48. The number of carbonyl (C=O) groups is 1. The first kappa shape index (κ1) is 22.9. The zero-order chi connectivity index (χ0) is 24.7. The Kier molecular flexibility index (Phi) is 5.73. The number of sulfonamides is 1. The summed E-state index contributed by atoms with van der Waals surface area (Å²) in [6.07, 6.45) is 0.850. The number of piperidine rings is 1. The van der Waals surface area contributed by atoms with Crippen molar-refractivity contribution in [3.05, 3.63) is 98.5 Å². The van der Waals surface area contributed by atoms with Gasteiger partial charge in [0.1, 0.15) is 0 Å². The van der Waals surface area contributed by atoms with E-state index in [0.29, 0.717) is 25.3 Å². The maximum absolute atomic E-state index is 13.4. The van der Waals surface area contributed by atoms with Crippen LogP contribution in [-0.4, -0.2) is 41.2 Å². The Hall–Kier alpha value is -3.83. The second-order valence-electron chi connectivity index (χ2n) is 8.80. The van der Waals surface area contributed by atoms with Crippen molar-refractivity contribution in [1.29, 1.82) is 0 Å². The number of anilines is 1. The summed E-state index contributed by atoms with van der Waals surface area (Å²) in [5.41, 5.74) is 1.34. The number of carbonyl (C=O) groups excluding carboxylic acids is 1. The van der Waals surface area contributed by atoms with Gasteiger partial charge in [0.25, 0.3) is 17.2 Å². The molecule has 2 unspecified atom stereocenters. The average Bonchev–Trinajstić information content (AvgIpc) is 2.85. The minimum Gasteiger partial charge on any atom is -0.322 e. The van der Waals surface area contributed by atoms with E-state index in [2.05, 4.69) is 5.32 Å². The minimum atomic E-state index is -3.76. The van der Waals surface area contributed by atoms with Crippen LogP contribution in [0.2, 0.25) is 0 Å². The lowest BCUT2D eigenvalue weighted by Gasteiger charge is -2.42. The third-order valence-corrected chi connectivity index (χ3v) is 8.38. The summed E-state index contributed by atoms with van der Waals surface area (Å²) < 4.78 is 29.9. The quantitative estimate of drug-likeness (QED) is 0.429. The number of hydrogen-bond donors (Lipinski definition) is 1. The Morgan fingerprint density at radius 1 is 0.971 bits per heavy atom. The van der Waals surface area contributed by atoms with Crippen LogP contribution in [0.3, 0.4) is 0 Å². The zero-order valence-electron chi connectivity index (χ0n) is 18.5. The van der Waals surface area contributed by atoms with Crippen LogP contribution in [0, 0.1) is 16.0 Å². The molecule has 0 radical (unpaired) electrons. The molecule has 0 spiro atoms. The van der Waals surface area contributed by atoms with Crippen molar-refractivity contribution in [1.82, 2.24) is 8.87 Å². The molecule has 3 heterocycles. The molecule has 2 aliphatic rings. The molecule has 3 aromatic rings. The van der Waals surface area contributed by atoms with Crippen LogP contribution >= 0.6 is 0 Å². The highest BCUT2D eigenvalue weighted by molar-refractivity contribution is 7.89. The summed E-state index contributed by atoms with van der Waals surface area (Å²) in [5, 5.41) is 13.4. The first-order valence-electron chi connectivity index (χ1n) is 11.1. The molecule has 2 aliphatic heterocycles. The molecule has 180 valence electrons. The Labute approximate surface area is 201 Å². The Balaban J connectivity index is 1.30. The number of pyridine rings is 1. The molecule has 1 amide bonds. The number of aromatic nitrogens is 1. The molecule has 0 aliphatic carbocycles. The largest absolute Gasteiger partial charge is 0.322 e. The predicted octanol–water partition coefficient (Wildman–Crippen LogP) is 2.82. The van der Waals surface area contributed by atoms with Gasteiger partial charge >= 0.3 is 0 Å². The fourth-order valence-electron chi connectivity index (χ4n) is 4.85. The van der Waals surface area contributed by atoms with E-state index < -0.39 is 20.9 Å². The molecule has 35 heavy (non-hydrogen) atoms. The van der Waals surface area contributed by atoms with Crippen molar-refractivity contribution in [2.75, 3.05) is 18.4 Å². The van der Waals surface area contributed by atoms with E-state index in [0.717, 1.165) is 12.1 Å². The number of nitro benzene ring substituents is 1. The summed E-state index contributed by atoms with van der Waals surface area (Å²) in [4.78, 5) is 35.0. The van der Waals surface area contributed by atoms with Crippen LogP contribution in [0.1, 0.15) is 28.4 Å². The van der Waals surface area contributed by atoms with Gasteiger partial charge in [-0.05, 0) is 54.8 Å². The van der Waals surface area contributed by atoms with E-state index in [1.807, 2.05) is 6.07 Å². The van der Waals surface area contributed by atoms with E-state index in [1.54, 1.807) is 10.6 Å². The number of fused-ring (bicyclic) bond motifs is 4. The minimum absolute atomic E-state index is 0.0357. The Morgan fingerprint density at radius 2 is 1.69 bits per heavy atom. The number of hydrogen-bond acceptors (Lipinski definition) is 6. The molecule has 10 nitrogen and oxygen atoms in total. The van der Waals surface area contributed by atoms with Crippen LogP contribution in [-0.2, 0) is 16.6 Å². The molecular weight excluding hydrogens is 472 g/mol. The van der Waals surface area contributed by atoms with Crippen molar-refractivity contribution >= 4 is 27.3 Å². The van der Waals surface area contributed by atoms with Crippen LogP contribution in [0.15, 0.2) is 76.4 Å². The molecular formula is C24H22N4O6S. The zero-order valence-corrected chi connectivity index (χ0v) is 19.3. The van der Waals surface area contributed by atoms with Crippen molar-refractivity contribution in [2.24, 2.45) is 5.92 Å². The van der Waals surface area contributed by atoms with E-state index in [4.69, 9.17) is 0 Å².